The lowest BCUT2D eigenvalue weighted by molar-refractivity contribution is 0.412. The van der Waals surface area contributed by atoms with Gasteiger partial charge < -0.3 is 15.0 Å². The molecule has 100 valence electrons. The van der Waals surface area contributed by atoms with Crippen molar-refractivity contribution in [1.82, 2.24) is 10.2 Å². The fourth-order valence-corrected chi connectivity index (χ4v) is 1.79. The standard InChI is InChI=1S/C14H22N2OS/c1-4-5-9-15-14(18)16(2)11-12-7-6-8-13(10-12)17-3/h6-8,10H,4-5,9,11H2,1-3H3,(H,15,18). The number of rotatable bonds is 6. The van der Waals surface area contributed by atoms with E-state index < -0.39 is 0 Å². The van der Waals surface area contributed by atoms with Crippen LogP contribution in [0.4, 0.5) is 0 Å². The first-order valence-corrected chi connectivity index (χ1v) is 6.70. The zero-order chi connectivity index (χ0) is 13.4. The maximum Gasteiger partial charge on any atom is 0.168 e. The highest BCUT2D eigenvalue weighted by molar-refractivity contribution is 7.80. The molecule has 0 aromatic heterocycles. The summed E-state index contributed by atoms with van der Waals surface area (Å²) >= 11 is 5.33. The van der Waals surface area contributed by atoms with E-state index in [1.807, 2.05) is 30.1 Å². The third kappa shape index (κ3) is 4.92. The lowest BCUT2D eigenvalue weighted by Gasteiger charge is -2.21. The van der Waals surface area contributed by atoms with E-state index in [2.05, 4.69) is 18.3 Å². The summed E-state index contributed by atoms with van der Waals surface area (Å²) in [6.45, 7) is 3.90. The Morgan fingerprint density at radius 2 is 2.22 bits per heavy atom. The van der Waals surface area contributed by atoms with E-state index in [1.54, 1.807) is 7.11 Å². The molecule has 0 amide bonds. The second-order valence-corrected chi connectivity index (χ2v) is 4.68. The molecule has 0 spiro atoms. The minimum absolute atomic E-state index is 0.787. The van der Waals surface area contributed by atoms with E-state index in [1.165, 1.54) is 12.0 Å². The molecule has 1 N–H and O–H groups in total. The number of methoxy groups -OCH3 is 1. The highest BCUT2D eigenvalue weighted by atomic mass is 32.1. The zero-order valence-electron chi connectivity index (χ0n) is 11.4. The fraction of sp³-hybridized carbons (Fsp3) is 0.500. The summed E-state index contributed by atoms with van der Waals surface area (Å²) in [6.07, 6.45) is 2.32. The van der Waals surface area contributed by atoms with Crippen molar-refractivity contribution >= 4 is 17.3 Å². The van der Waals surface area contributed by atoms with E-state index in [-0.39, 0.29) is 0 Å². The van der Waals surface area contributed by atoms with Crippen molar-refractivity contribution in [3.05, 3.63) is 29.8 Å². The summed E-state index contributed by atoms with van der Waals surface area (Å²) < 4.78 is 5.21. The van der Waals surface area contributed by atoms with Gasteiger partial charge in [-0.15, -0.1) is 0 Å². The molecular formula is C14H22N2OS. The molecule has 0 atom stereocenters. The van der Waals surface area contributed by atoms with Crippen molar-refractivity contribution in [2.24, 2.45) is 0 Å². The van der Waals surface area contributed by atoms with Gasteiger partial charge in [-0.3, -0.25) is 0 Å². The van der Waals surface area contributed by atoms with Gasteiger partial charge in [0.05, 0.1) is 7.11 Å². The van der Waals surface area contributed by atoms with E-state index in [0.29, 0.717) is 0 Å². The molecule has 0 saturated carbocycles. The van der Waals surface area contributed by atoms with Gasteiger partial charge in [-0.05, 0) is 36.3 Å². The van der Waals surface area contributed by atoms with Crippen LogP contribution in [-0.4, -0.2) is 30.7 Å². The van der Waals surface area contributed by atoms with Gasteiger partial charge in [0.15, 0.2) is 5.11 Å². The van der Waals surface area contributed by atoms with Crippen molar-refractivity contribution in [3.8, 4) is 5.75 Å². The second kappa shape index (κ2) is 7.93. The molecule has 0 fully saturated rings. The Morgan fingerprint density at radius 3 is 2.89 bits per heavy atom. The molecular weight excluding hydrogens is 244 g/mol. The lowest BCUT2D eigenvalue weighted by atomic mass is 10.2. The monoisotopic (exact) mass is 266 g/mol. The second-order valence-electron chi connectivity index (χ2n) is 4.29. The summed E-state index contributed by atoms with van der Waals surface area (Å²) in [7, 11) is 3.68. The smallest absolute Gasteiger partial charge is 0.168 e. The molecule has 0 heterocycles. The average Bonchev–Trinajstić information content (AvgIpc) is 2.39. The van der Waals surface area contributed by atoms with Gasteiger partial charge in [-0.2, -0.15) is 0 Å². The van der Waals surface area contributed by atoms with Crippen LogP contribution in [0.25, 0.3) is 0 Å². The number of hydrogen-bond acceptors (Lipinski definition) is 2. The first-order chi connectivity index (χ1) is 8.67. The Kier molecular flexibility index (Phi) is 6.50. The van der Waals surface area contributed by atoms with Crippen LogP contribution in [-0.2, 0) is 6.54 Å². The summed E-state index contributed by atoms with van der Waals surface area (Å²) in [6, 6.07) is 8.05. The predicted molar refractivity (Wildman–Crippen MR) is 80.0 cm³/mol. The molecule has 0 saturated heterocycles. The third-order valence-corrected chi connectivity index (χ3v) is 3.16. The molecule has 0 bridgehead atoms. The number of hydrogen-bond donors (Lipinski definition) is 1. The molecule has 0 radical (unpaired) electrons. The molecule has 3 nitrogen and oxygen atoms in total. The van der Waals surface area contributed by atoms with E-state index in [9.17, 15) is 0 Å². The molecule has 1 rings (SSSR count). The van der Waals surface area contributed by atoms with Gasteiger partial charge in [-0.1, -0.05) is 25.5 Å². The third-order valence-electron chi connectivity index (χ3n) is 2.71. The van der Waals surface area contributed by atoms with Crippen molar-refractivity contribution in [1.29, 1.82) is 0 Å². The minimum Gasteiger partial charge on any atom is -0.497 e. The van der Waals surface area contributed by atoms with Gasteiger partial charge in [0.25, 0.3) is 0 Å². The summed E-state index contributed by atoms with van der Waals surface area (Å²) in [5, 5.41) is 4.06. The Bertz CT molecular complexity index is 382. The summed E-state index contributed by atoms with van der Waals surface area (Å²) in [5.74, 6) is 0.880. The first kappa shape index (κ1) is 14.8. The Morgan fingerprint density at radius 1 is 1.44 bits per heavy atom. The normalized spacial score (nSPS) is 9.94. The van der Waals surface area contributed by atoms with E-state index in [4.69, 9.17) is 17.0 Å². The lowest BCUT2D eigenvalue weighted by Crippen LogP contribution is -2.36. The molecule has 18 heavy (non-hydrogen) atoms. The van der Waals surface area contributed by atoms with Crippen LogP contribution in [0.2, 0.25) is 0 Å². The Hall–Kier alpha value is -1.29. The number of unbranched alkanes of at least 4 members (excludes halogenated alkanes) is 1. The van der Waals surface area contributed by atoms with Crippen molar-refractivity contribution in [2.75, 3.05) is 20.7 Å². The Balaban J connectivity index is 2.47. The maximum absolute atomic E-state index is 5.33. The number of thiocarbonyl (C=S) groups is 1. The first-order valence-electron chi connectivity index (χ1n) is 6.29. The predicted octanol–water partition coefficient (Wildman–Crippen LogP) is 2.80. The van der Waals surface area contributed by atoms with Crippen LogP contribution in [0.3, 0.4) is 0 Å². The van der Waals surface area contributed by atoms with Gasteiger partial charge in [0.1, 0.15) is 5.75 Å². The molecule has 0 unspecified atom stereocenters. The van der Waals surface area contributed by atoms with E-state index >= 15 is 0 Å². The highest BCUT2D eigenvalue weighted by Gasteiger charge is 2.05. The van der Waals surface area contributed by atoms with Crippen LogP contribution in [0, 0.1) is 0 Å². The SMILES string of the molecule is CCCCNC(=S)N(C)Cc1cccc(OC)c1. The molecule has 0 aliphatic rings. The van der Waals surface area contributed by atoms with Crippen LogP contribution >= 0.6 is 12.2 Å². The quantitative estimate of drug-likeness (QED) is 0.632. The van der Waals surface area contributed by atoms with Crippen molar-refractivity contribution < 1.29 is 4.74 Å². The topological polar surface area (TPSA) is 24.5 Å². The van der Waals surface area contributed by atoms with Crippen LogP contribution in [0.1, 0.15) is 25.3 Å². The van der Waals surface area contributed by atoms with Gasteiger partial charge >= 0.3 is 0 Å². The summed E-state index contributed by atoms with van der Waals surface area (Å²) in [5.41, 5.74) is 1.19. The zero-order valence-corrected chi connectivity index (χ0v) is 12.2. The number of benzene rings is 1. The summed E-state index contributed by atoms with van der Waals surface area (Å²) in [4.78, 5) is 2.04. The number of nitrogens with one attached hydrogen (secondary N) is 1. The van der Waals surface area contributed by atoms with Gasteiger partial charge in [0.2, 0.25) is 0 Å². The van der Waals surface area contributed by atoms with Gasteiger partial charge in [0, 0.05) is 20.1 Å². The Labute approximate surface area is 115 Å². The molecule has 4 heteroatoms. The van der Waals surface area contributed by atoms with Gasteiger partial charge in [-0.25, -0.2) is 0 Å². The maximum atomic E-state index is 5.33. The van der Waals surface area contributed by atoms with Crippen LogP contribution in [0.15, 0.2) is 24.3 Å². The fourth-order valence-electron chi connectivity index (χ4n) is 1.62. The van der Waals surface area contributed by atoms with E-state index in [0.717, 1.165) is 30.4 Å². The molecule has 0 aliphatic carbocycles. The number of ether oxygens (including phenoxy) is 1. The van der Waals surface area contributed by atoms with Crippen LogP contribution in [0.5, 0.6) is 5.75 Å². The molecule has 1 aromatic rings. The van der Waals surface area contributed by atoms with Crippen molar-refractivity contribution in [2.45, 2.75) is 26.3 Å². The van der Waals surface area contributed by atoms with Crippen LogP contribution < -0.4 is 10.1 Å². The van der Waals surface area contributed by atoms with Crippen molar-refractivity contribution in [3.63, 3.8) is 0 Å². The highest BCUT2D eigenvalue weighted by Crippen LogP contribution is 2.13. The largest absolute Gasteiger partial charge is 0.497 e. The number of nitrogens with zero attached hydrogens (tertiary/aromatic N) is 1. The average molecular weight is 266 g/mol. The molecule has 0 aliphatic heterocycles. The minimum atomic E-state index is 0.787. The molecule has 1 aromatic carbocycles.